The highest BCUT2D eigenvalue weighted by Crippen LogP contribution is 2.20. The topological polar surface area (TPSA) is 53.6 Å². The molecular formula is C13H18N4. The van der Waals surface area contributed by atoms with Crippen LogP contribution in [-0.2, 0) is 0 Å². The minimum absolute atomic E-state index is 0.471. The molecule has 90 valence electrons. The van der Waals surface area contributed by atoms with Crippen LogP contribution in [0.25, 0.3) is 11.4 Å². The first kappa shape index (κ1) is 11.6. The molecule has 0 radical (unpaired) electrons. The second-order valence-electron chi connectivity index (χ2n) is 4.28. The summed E-state index contributed by atoms with van der Waals surface area (Å²) >= 11 is 0. The van der Waals surface area contributed by atoms with Gasteiger partial charge in [-0.2, -0.15) is 5.10 Å². The Bertz CT molecular complexity index is 490. The zero-order valence-electron chi connectivity index (χ0n) is 10.5. The van der Waals surface area contributed by atoms with Crippen molar-refractivity contribution in [1.82, 2.24) is 15.2 Å². The van der Waals surface area contributed by atoms with E-state index in [1.54, 1.807) is 0 Å². The van der Waals surface area contributed by atoms with Gasteiger partial charge in [0.25, 0.3) is 0 Å². The lowest BCUT2D eigenvalue weighted by Gasteiger charge is -2.13. The summed E-state index contributed by atoms with van der Waals surface area (Å²) in [5.41, 5.74) is 2.14. The highest BCUT2D eigenvalue weighted by atomic mass is 15.2. The second kappa shape index (κ2) is 4.99. The summed E-state index contributed by atoms with van der Waals surface area (Å²) in [6.45, 7) is 6.24. The molecule has 17 heavy (non-hydrogen) atoms. The minimum Gasteiger partial charge on any atom is -0.383 e. The number of benzene rings is 1. The molecule has 0 saturated carbocycles. The number of hydrogen-bond donors (Lipinski definition) is 2. The Kier molecular flexibility index (Phi) is 3.42. The van der Waals surface area contributed by atoms with Gasteiger partial charge in [-0.15, -0.1) is 0 Å². The molecule has 1 atom stereocenters. The molecule has 1 aromatic carbocycles. The van der Waals surface area contributed by atoms with Crippen molar-refractivity contribution in [2.24, 2.45) is 0 Å². The Morgan fingerprint density at radius 1 is 1.41 bits per heavy atom. The van der Waals surface area contributed by atoms with Crippen molar-refractivity contribution in [2.45, 2.75) is 33.2 Å². The number of aromatic nitrogens is 3. The number of hydrogen-bond acceptors (Lipinski definition) is 3. The van der Waals surface area contributed by atoms with Gasteiger partial charge in [-0.05, 0) is 32.4 Å². The van der Waals surface area contributed by atoms with Crippen LogP contribution in [0.1, 0.15) is 26.1 Å². The van der Waals surface area contributed by atoms with E-state index in [9.17, 15) is 0 Å². The van der Waals surface area contributed by atoms with Crippen molar-refractivity contribution in [3.8, 4) is 11.4 Å². The van der Waals surface area contributed by atoms with E-state index < -0.39 is 0 Å². The maximum absolute atomic E-state index is 4.33. The van der Waals surface area contributed by atoms with Gasteiger partial charge >= 0.3 is 0 Å². The van der Waals surface area contributed by atoms with E-state index in [-0.39, 0.29) is 0 Å². The van der Waals surface area contributed by atoms with Crippen molar-refractivity contribution in [2.75, 3.05) is 5.32 Å². The van der Waals surface area contributed by atoms with E-state index in [1.165, 1.54) is 0 Å². The molecule has 0 fully saturated rings. The molecule has 2 rings (SSSR count). The molecule has 2 N–H and O–H groups in total. The van der Waals surface area contributed by atoms with Crippen LogP contribution in [0.4, 0.5) is 5.69 Å². The Balaban J connectivity index is 2.22. The quantitative estimate of drug-likeness (QED) is 0.849. The van der Waals surface area contributed by atoms with E-state index in [4.69, 9.17) is 0 Å². The highest BCUT2D eigenvalue weighted by Gasteiger charge is 2.05. The summed E-state index contributed by atoms with van der Waals surface area (Å²) < 4.78 is 0. The van der Waals surface area contributed by atoms with Crippen LogP contribution in [0.5, 0.6) is 0 Å². The average Bonchev–Trinajstić information content (AvgIpc) is 2.76. The third-order valence-electron chi connectivity index (χ3n) is 2.74. The molecule has 0 aliphatic rings. The molecule has 1 unspecified atom stereocenters. The highest BCUT2D eigenvalue weighted by molar-refractivity contribution is 5.62. The van der Waals surface area contributed by atoms with Crippen LogP contribution in [0.2, 0.25) is 0 Å². The van der Waals surface area contributed by atoms with E-state index in [0.29, 0.717) is 6.04 Å². The number of nitrogens with zero attached hydrogens (tertiary/aromatic N) is 2. The van der Waals surface area contributed by atoms with Crippen molar-refractivity contribution in [1.29, 1.82) is 0 Å². The van der Waals surface area contributed by atoms with E-state index >= 15 is 0 Å². The number of aromatic amines is 1. The summed E-state index contributed by atoms with van der Waals surface area (Å²) in [5, 5.41) is 10.5. The minimum atomic E-state index is 0.471. The lowest BCUT2D eigenvalue weighted by molar-refractivity contribution is 0.764. The fourth-order valence-electron chi connectivity index (χ4n) is 1.61. The van der Waals surface area contributed by atoms with Crippen LogP contribution >= 0.6 is 0 Å². The molecule has 1 heterocycles. The van der Waals surface area contributed by atoms with Crippen LogP contribution < -0.4 is 5.32 Å². The van der Waals surface area contributed by atoms with Gasteiger partial charge in [0, 0.05) is 17.3 Å². The van der Waals surface area contributed by atoms with Gasteiger partial charge in [-0.25, -0.2) is 4.98 Å². The van der Waals surface area contributed by atoms with Gasteiger partial charge in [0.1, 0.15) is 5.82 Å². The van der Waals surface area contributed by atoms with E-state index in [0.717, 1.165) is 29.3 Å². The molecule has 0 saturated heterocycles. The molecule has 2 aromatic rings. The van der Waals surface area contributed by atoms with Gasteiger partial charge in [-0.1, -0.05) is 19.1 Å². The van der Waals surface area contributed by atoms with Gasteiger partial charge in [0.2, 0.25) is 0 Å². The summed E-state index contributed by atoms with van der Waals surface area (Å²) in [4.78, 5) is 4.33. The molecule has 0 bridgehead atoms. The predicted octanol–water partition coefficient (Wildman–Crippen LogP) is 2.99. The molecule has 0 aliphatic heterocycles. The summed E-state index contributed by atoms with van der Waals surface area (Å²) in [6, 6.07) is 8.65. The van der Waals surface area contributed by atoms with Crippen molar-refractivity contribution >= 4 is 5.69 Å². The number of rotatable bonds is 4. The molecule has 4 nitrogen and oxygen atoms in total. The first-order valence-corrected chi connectivity index (χ1v) is 5.95. The average molecular weight is 230 g/mol. The maximum atomic E-state index is 4.33. The van der Waals surface area contributed by atoms with Crippen molar-refractivity contribution in [3.63, 3.8) is 0 Å². The molecule has 0 spiro atoms. The maximum Gasteiger partial charge on any atom is 0.181 e. The van der Waals surface area contributed by atoms with E-state index in [2.05, 4.69) is 46.5 Å². The molecule has 1 aromatic heterocycles. The smallest absolute Gasteiger partial charge is 0.181 e. The molecule has 4 heteroatoms. The summed E-state index contributed by atoms with van der Waals surface area (Å²) in [7, 11) is 0. The monoisotopic (exact) mass is 230 g/mol. The Hall–Kier alpha value is -1.84. The molecular weight excluding hydrogens is 212 g/mol. The van der Waals surface area contributed by atoms with Gasteiger partial charge in [0.15, 0.2) is 5.82 Å². The second-order valence-corrected chi connectivity index (χ2v) is 4.28. The zero-order valence-corrected chi connectivity index (χ0v) is 10.5. The lowest BCUT2D eigenvalue weighted by Crippen LogP contribution is -2.13. The third-order valence-corrected chi connectivity index (χ3v) is 2.74. The number of aryl methyl sites for hydroxylation is 1. The van der Waals surface area contributed by atoms with Crippen molar-refractivity contribution < 1.29 is 0 Å². The van der Waals surface area contributed by atoms with Crippen LogP contribution in [-0.4, -0.2) is 21.2 Å². The van der Waals surface area contributed by atoms with Crippen LogP contribution in [0, 0.1) is 6.92 Å². The standard InChI is InChI=1S/C13H18N4/c1-4-9(2)14-12-7-5-6-11(8-12)13-15-10(3)16-17-13/h5-9,14H,4H2,1-3H3,(H,15,16,17). The fraction of sp³-hybridized carbons (Fsp3) is 0.385. The predicted molar refractivity (Wildman–Crippen MR) is 69.9 cm³/mol. The molecule has 0 aliphatic carbocycles. The summed E-state index contributed by atoms with van der Waals surface area (Å²) in [6.07, 6.45) is 1.10. The van der Waals surface area contributed by atoms with Crippen molar-refractivity contribution in [3.05, 3.63) is 30.1 Å². The number of anilines is 1. The van der Waals surface area contributed by atoms with Gasteiger partial charge in [-0.3, -0.25) is 5.10 Å². The van der Waals surface area contributed by atoms with Gasteiger partial charge < -0.3 is 5.32 Å². The van der Waals surface area contributed by atoms with Crippen LogP contribution in [0.15, 0.2) is 24.3 Å². The largest absolute Gasteiger partial charge is 0.383 e. The molecule has 0 amide bonds. The Labute approximate surface area is 101 Å². The van der Waals surface area contributed by atoms with Crippen LogP contribution in [0.3, 0.4) is 0 Å². The normalized spacial score (nSPS) is 12.4. The van der Waals surface area contributed by atoms with E-state index in [1.807, 2.05) is 19.1 Å². The number of nitrogens with one attached hydrogen (secondary N) is 2. The number of H-pyrrole nitrogens is 1. The zero-order chi connectivity index (χ0) is 12.3. The fourth-order valence-corrected chi connectivity index (χ4v) is 1.61. The summed E-state index contributed by atoms with van der Waals surface area (Å²) in [5.74, 6) is 1.58. The lowest BCUT2D eigenvalue weighted by atomic mass is 10.1. The SMILES string of the molecule is CCC(C)Nc1cccc(-c2n[nH]c(C)n2)c1. The Morgan fingerprint density at radius 3 is 2.88 bits per heavy atom. The third kappa shape index (κ3) is 2.84. The van der Waals surface area contributed by atoms with Gasteiger partial charge in [0.05, 0.1) is 0 Å². The Morgan fingerprint density at radius 2 is 2.24 bits per heavy atom. The first-order valence-electron chi connectivity index (χ1n) is 5.95. The first-order chi connectivity index (χ1) is 8.19.